The van der Waals surface area contributed by atoms with Crippen LogP contribution in [0.1, 0.15) is 6.92 Å². The molecule has 20 heavy (non-hydrogen) atoms. The molecule has 2 N–H and O–H groups in total. The van der Waals surface area contributed by atoms with Crippen molar-refractivity contribution >= 4 is 15.8 Å². The highest BCUT2D eigenvalue weighted by atomic mass is 32.2. The number of sulfone groups is 1. The van der Waals surface area contributed by atoms with E-state index in [0.717, 1.165) is 12.5 Å². The normalized spacial score (nSPS) is 18.3. The molecule has 0 radical (unpaired) electrons. The number of hydrogen-bond acceptors (Lipinski definition) is 6. The van der Waals surface area contributed by atoms with Gasteiger partial charge in [0.1, 0.15) is 12.4 Å². The molecule has 110 valence electrons. The summed E-state index contributed by atoms with van der Waals surface area (Å²) >= 11 is 0. The Morgan fingerprint density at radius 3 is 2.65 bits per heavy atom. The van der Waals surface area contributed by atoms with Gasteiger partial charge in [0.2, 0.25) is 0 Å². The number of rotatable bonds is 5. The Morgan fingerprint density at radius 2 is 2.10 bits per heavy atom. The zero-order chi connectivity index (χ0) is 14.6. The van der Waals surface area contributed by atoms with E-state index in [4.69, 9.17) is 4.74 Å². The number of ether oxygens (including phenoxy) is 1. The lowest BCUT2D eigenvalue weighted by atomic mass is 10.3. The van der Waals surface area contributed by atoms with Crippen molar-refractivity contribution < 1.29 is 13.2 Å². The molecule has 0 spiro atoms. The van der Waals surface area contributed by atoms with E-state index in [-0.39, 0.29) is 0 Å². The average molecular weight is 297 g/mol. The summed E-state index contributed by atoms with van der Waals surface area (Å²) in [6.07, 6.45) is 1.18. The summed E-state index contributed by atoms with van der Waals surface area (Å²) < 4.78 is 28.1. The van der Waals surface area contributed by atoms with Gasteiger partial charge in [-0.25, -0.2) is 8.42 Å². The van der Waals surface area contributed by atoms with Gasteiger partial charge in [-0.15, -0.1) is 0 Å². The average Bonchev–Trinajstić information content (AvgIpc) is 2.80. The van der Waals surface area contributed by atoms with Gasteiger partial charge < -0.3 is 15.4 Å². The summed E-state index contributed by atoms with van der Waals surface area (Å²) in [6.45, 7) is 3.97. The van der Waals surface area contributed by atoms with Crippen molar-refractivity contribution in [3.63, 3.8) is 0 Å². The summed E-state index contributed by atoms with van der Waals surface area (Å²) in [6, 6.07) is 6.78. The quantitative estimate of drug-likeness (QED) is 0.769. The van der Waals surface area contributed by atoms with Crippen molar-refractivity contribution in [2.45, 2.75) is 17.9 Å². The maximum Gasteiger partial charge on any atom is 0.191 e. The molecule has 1 atom stereocenters. The summed E-state index contributed by atoms with van der Waals surface area (Å²) in [7, 11) is -3.15. The van der Waals surface area contributed by atoms with Crippen molar-refractivity contribution in [3.8, 4) is 5.75 Å². The van der Waals surface area contributed by atoms with E-state index in [1.165, 1.54) is 6.26 Å². The zero-order valence-corrected chi connectivity index (χ0v) is 12.4. The van der Waals surface area contributed by atoms with Gasteiger partial charge in [-0.1, -0.05) is 0 Å². The van der Waals surface area contributed by atoms with Crippen LogP contribution in [-0.2, 0) is 9.84 Å². The molecule has 1 aromatic rings. The third-order valence-electron chi connectivity index (χ3n) is 2.82. The maximum atomic E-state index is 11.3. The Hall–Kier alpha value is -1.76. The molecule has 0 bridgehead atoms. The summed E-state index contributed by atoms with van der Waals surface area (Å²) in [4.78, 5) is 4.57. The number of hydrogen-bond donors (Lipinski definition) is 2. The minimum absolute atomic E-state index is 0.293. The first-order chi connectivity index (χ1) is 9.45. The topological polar surface area (TPSA) is 79.8 Å². The fourth-order valence-corrected chi connectivity index (χ4v) is 2.41. The fraction of sp³-hybridized carbons (Fsp3) is 0.462. The van der Waals surface area contributed by atoms with Gasteiger partial charge in [0.15, 0.2) is 15.8 Å². The first-order valence-corrected chi connectivity index (χ1v) is 8.32. The molecule has 2 rings (SSSR count). The molecular formula is C13H19N3O3S. The molecule has 0 saturated carbocycles. The molecule has 0 saturated heterocycles. The largest absolute Gasteiger partial charge is 0.492 e. The van der Waals surface area contributed by atoms with Crippen LogP contribution in [0.15, 0.2) is 34.2 Å². The van der Waals surface area contributed by atoms with Crippen LogP contribution < -0.4 is 15.4 Å². The van der Waals surface area contributed by atoms with Gasteiger partial charge in [-0.2, -0.15) is 0 Å². The number of aliphatic imine (C=N–C) groups is 1. The first-order valence-electron chi connectivity index (χ1n) is 6.43. The highest BCUT2D eigenvalue weighted by Crippen LogP contribution is 2.15. The lowest BCUT2D eigenvalue weighted by Crippen LogP contribution is -2.39. The van der Waals surface area contributed by atoms with Crippen LogP contribution >= 0.6 is 0 Å². The molecule has 1 unspecified atom stereocenters. The molecule has 7 heteroatoms. The number of benzene rings is 1. The van der Waals surface area contributed by atoms with E-state index < -0.39 is 9.84 Å². The molecule has 1 heterocycles. The second kappa shape index (κ2) is 6.13. The van der Waals surface area contributed by atoms with Gasteiger partial charge in [0.25, 0.3) is 0 Å². The Balaban J connectivity index is 1.74. The fourth-order valence-electron chi connectivity index (χ4n) is 1.78. The van der Waals surface area contributed by atoms with Crippen LogP contribution in [0.25, 0.3) is 0 Å². The minimum Gasteiger partial charge on any atom is -0.492 e. The first kappa shape index (κ1) is 14.6. The zero-order valence-electron chi connectivity index (χ0n) is 11.6. The van der Waals surface area contributed by atoms with Crippen molar-refractivity contribution in [2.24, 2.45) is 4.99 Å². The Morgan fingerprint density at radius 1 is 1.40 bits per heavy atom. The molecule has 0 fully saturated rings. The van der Waals surface area contributed by atoms with E-state index in [0.29, 0.717) is 29.8 Å². The summed E-state index contributed by atoms with van der Waals surface area (Å²) in [5.74, 6) is 1.45. The van der Waals surface area contributed by atoms with E-state index >= 15 is 0 Å². The SMILES string of the molecule is CC1CN=C(NCCOc2ccc(S(C)(=O)=O)cc2)N1. The minimum atomic E-state index is -3.15. The lowest BCUT2D eigenvalue weighted by Gasteiger charge is -2.10. The molecule has 6 nitrogen and oxygen atoms in total. The van der Waals surface area contributed by atoms with E-state index in [1.54, 1.807) is 24.3 Å². The second-order valence-corrected chi connectivity index (χ2v) is 6.77. The van der Waals surface area contributed by atoms with Gasteiger partial charge >= 0.3 is 0 Å². The number of nitrogens with zero attached hydrogens (tertiary/aromatic N) is 1. The highest BCUT2D eigenvalue weighted by Gasteiger charge is 2.11. The molecule has 1 aromatic carbocycles. The molecule has 0 aliphatic carbocycles. The van der Waals surface area contributed by atoms with Crippen molar-refractivity contribution in [1.29, 1.82) is 0 Å². The third kappa shape index (κ3) is 4.12. The monoisotopic (exact) mass is 297 g/mol. The Labute approximate surface area is 119 Å². The van der Waals surface area contributed by atoms with Gasteiger partial charge in [0, 0.05) is 12.3 Å². The predicted octanol–water partition coefficient (Wildman–Crippen LogP) is 0.406. The van der Waals surface area contributed by atoms with Crippen molar-refractivity contribution in [3.05, 3.63) is 24.3 Å². The summed E-state index contributed by atoms with van der Waals surface area (Å²) in [5, 5.41) is 6.33. The van der Waals surface area contributed by atoms with Gasteiger partial charge in [0.05, 0.1) is 18.0 Å². The lowest BCUT2D eigenvalue weighted by molar-refractivity contribution is 0.322. The predicted molar refractivity (Wildman–Crippen MR) is 77.9 cm³/mol. The van der Waals surface area contributed by atoms with Crippen molar-refractivity contribution in [2.75, 3.05) is 26.0 Å². The van der Waals surface area contributed by atoms with Crippen LogP contribution in [0.4, 0.5) is 0 Å². The maximum absolute atomic E-state index is 11.3. The van der Waals surface area contributed by atoms with Crippen LogP contribution in [0.5, 0.6) is 5.75 Å². The van der Waals surface area contributed by atoms with Gasteiger partial charge in [-0.3, -0.25) is 4.99 Å². The number of guanidine groups is 1. The molecule has 0 amide bonds. The van der Waals surface area contributed by atoms with E-state index in [9.17, 15) is 8.42 Å². The Kier molecular flexibility index (Phi) is 4.49. The van der Waals surface area contributed by atoms with E-state index in [1.807, 2.05) is 0 Å². The standard InChI is InChI=1S/C13H19N3O3S/c1-10-9-15-13(16-10)14-7-8-19-11-3-5-12(6-4-11)20(2,17)18/h3-6,10H,7-9H2,1-2H3,(H2,14,15,16). The smallest absolute Gasteiger partial charge is 0.191 e. The van der Waals surface area contributed by atoms with Crippen LogP contribution in [-0.4, -0.2) is 46.4 Å². The van der Waals surface area contributed by atoms with Crippen LogP contribution in [0.2, 0.25) is 0 Å². The van der Waals surface area contributed by atoms with Crippen LogP contribution in [0.3, 0.4) is 0 Å². The molecule has 0 aromatic heterocycles. The van der Waals surface area contributed by atoms with Crippen LogP contribution in [0, 0.1) is 0 Å². The molecular weight excluding hydrogens is 278 g/mol. The third-order valence-corrected chi connectivity index (χ3v) is 3.95. The molecule has 1 aliphatic heterocycles. The number of nitrogens with one attached hydrogen (secondary N) is 2. The second-order valence-electron chi connectivity index (χ2n) is 4.75. The van der Waals surface area contributed by atoms with E-state index in [2.05, 4.69) is 22.5 Å². The highest BCUT2D eigenvalue weighted by molar-refractivity contribution is 7.90. The van der Waals surface area contributed by atoms with Gasteiger partial charge in [-0.05, 0) is 31.2 Å². The Bertz CT molecular complexity index is 581. The summed E-state index contributed by atoms with van der Waals surface area (Å²) in [5.41, 5.74) is 0. The van der Waals surface area contributed by atoms with Crippen molar-refractivity contribution in [1.82, 2.24) is 10.6 Å². The molecule has 1 aliphatic rings.